The third-order valence-electron chi connectivity index (χ3n) is 4.03. The molecule has 2 heterocycles. The van der Waals surface area contributed by atoms with E-state index in [4.69, 9.17) is 4.74 Å². The second kappa shape index (κ2) is 5.77. The van der Waals surface area contributed by atoms with Gasteiger partial charge in [0.05, 0.1) is 18.2 Å². The van der Waals surface area contributed by atoms with Crippen LogP contribution in [0.2, 0.25) is 0 Å². The first-order valence-electron chi connectivity index (χ1n) is 7.68. The monoisotopic (exact) mass is 316 g/mol. The number of fused-ring (bicyclic) bond motifs is 1. The number of aryl methyl sites for hydroxylation is 1. The zero-order chi connectivity index (χ0) is 16.5. The van der Waals surface area contributed by atoms with Crippen molar-refractivity contribution in [1.82, 2.24) is 20.4 Å². The molecular weight excluding hydrogens is 300 g/mol. The van der Waals surface area contributed by atoms with Crippen LogP contribution in [0, 0.1) is 6.92 Å². The molecule has 2 aromatic carbocycles. The van der Waals surface area contributed by atoms with Crippen LogP contribution in [0.1, 0.15) is 5.56 Å². The van der Waals surface area contributed by atoms with Gasteiger partial charge in [-0.15, -0.1) is 10.2 Å². The van der Waals surface area contributed by atoms with Gasteiger partial charge < -0.3 is 4.74 Å². The molecule has 2 aromatic heterocycles. The predicted molar refractivity (Wildman–Crippen MR) is 93.8 cm³/mol. The van der Waals surface area contributed by atoms with Gasteiger partial charge in [-0.1, -0.05) is 29.8 Å². The van der Waals surface area contributed by atoms with E-state index < -0.39 is 0 Å². The van der Waals surface area contributed by atoms with Crippen molar-refractivity contribution in [1.29, 1.82) is 0 Å². The number of methoxy groups -OCH3 is 1. The molecule has 118 valence electrons. The Kier molecular flexibility index (Phi) is 3.46. The minimum absolute atomic E-state index is 0.677. The molecule has 0 atom stereocenters. The van der Waals surface area contributed by atoms with Crippen LogP contribution < -0.4 is 4.74 Å². The number of nitrogens with zero attached hydrogens (tertiary/aromatic N) is 3. The Morgan fingerprint density at radius 3 is 2.29 bits per heavy atom. The summed E-state index contributed by atoms with van der Waals surface area (Å²) >= 11 is 0. The van der Waals surface area contributed by atoms with Crippen molar-refractivity contribution in [2.24, 2.45) is 0 Å². The van der Waals surface area contributed by atoms with Crippen LogP contribution in [0.25, 0.3) is 33.5 Å². The molecule has 0 unspecified atom stereocenters. The molecule has 0 aliphatic heterocycles. The molecule has 0 saturated carbocycles. The second-order valence-electron chi connectivity index (χ2n) is 5.66. The third-order valence-corrected chi connectivity index (χ3v) is 4.03. The lowest BCUT2D eigenvalue weighted by atomic mass is 10.1. The van der Waals surface area contributed by atoms with Crippen molar-refractivity contribution < 1.29 is 4.74 Å². The zero-order valence-electron chi connectivity index (χ0n) is 13.4. The molecule has 1 N–H and O–H groups in total. The molecule has 4 aromatic rings. The van der Waals surface area contributed by atoms with Gasteiger partial charge in [-0.05, 0) is 37.3 Å². The normalized spacial score (nSPS) is 10.9. The first-order chi connectivity index (χ1) is 11.7. The van der Waals surface area contributed by atoms with Gasteiger partial charge in [0.1, 0.15) is 11.4 Å². The highest BCUT2D eigenvalue weighted by molar-refractivity contribution is 5.92. The van der Waals surface area contributed by atoms with Crippen molar-refractivity contribution in [3.63, 3.8) is 0 Å². The number of rotatable bonds is 3. The Labute approximate surface area is 139 Å². The van der Waals surface area contributed by atoms with E-state index in [2.05, 4.69) is 51.6 Å². The Balaban J connectivity index is 1.82. The smallest absolute Gasteiger partial charge is 0.178 e. The average molecular weight is 316 g/mol. The SMILES string of the molecule is COc1ccc(-c2n[nH]c3nnc(-c4ccc(C)cc4)cc23)cc1. The van der Waals surface area contributed by atoms with E-state index in [9.17, 15) is 0 Å². The van der Waals surface area contributed by atoms with E-state index in [1.165, 1.54) is 5.56 Å². The highest BCUT2D eigenvalue weighted by atomic mass is 16.5. The van der Waals surface area contributed by atoms with Crippen LogP contribution in [0.4, 0.5) is 0 Å². The van der Waals surface area contributed by atoms with E-state index in [1.807, 2.05) is 30.3 Å². The fourth-order valence-electron chi connectivity index (χ4n) is 2.66. The lowest BCUT2D eigenvalue weighted by molar-refractivity contribution is 0.415. The number of nitrogens with one attached hydrogen (secondary N) is 1. The van der Waals surface area contributed by atoms with Gasteiger partial charge in [-0.3, -0.25) is 5.10 Å². The van der Waals surface area contributed by atoms with Crippen molar-refractivity contribution in [3.8, 4) is 28.3 Å². The van der Waals surface area contributed by atoms with Crippen molar-refractivity contribution in [2.75, 3.05) is 7.11 Å². The Bertz CT molecular complexity index is 988. The molecule has 0 amide bonds. The fraction of sp³-hybridized carbons (Fsp3) is 0.105. The summed E-state index contributed by atoms with van der Waals surface area (Å²) in [6.45, 7) is 2.07. The standard InChI is InChI=1S/C19H16N4O/c1-12-3-5-13(6-4-12)17-11-16-18(21-23-19(16)22-20-17)14-7-9-15(24-2)10-8-14/h3-11H,1-2H3,(H,21,22,23). The number of benzene rings is 2. The van der Waals surface area contributed by atoms with Gasteiger partial charge >= 0.3 is 0 Å². The first kappa shape index (κ1) is 14.4. The molecule has 0 spiro atoms. The Morgan fingerprint density at radius 1 is 0.875 bits per heavy atom. The van der Waals surface area contributed by atoms with Gasteiger partial charge in [0.25, 0.3) is 0 Å². The van der Waals surface area contributed by atoms with Gasteiger partial charge in [-0.2, -0.15) is 5.10 Å². The minimum atomic E-state index is 0.677. The molecule has 24 heavy (non-hydrogen) atoms. The summed E-state index contributed by atoms with van der Waals surface area (Å²) in [6.07, 6.45) is 0. The van der Waals surface area contributed by atoms with E-state index >= 15 is 0 Å². The Morgan fingerprint density at radius 2 is 1.58 bits per heavy atom. The fourth-order valence-corrected chi connectivity index (χ4v) is 2.66. The third kappa shape index (κ3) is 2.50. The molecule has 5 heteroatoms. The van der Waals surface area contributed by atoms with Crippen LogP contribution in [0.3, 0.4) is 0 Å². The summed E-state index contributed by atoms with van der Waals surface area (Å²) in [5.41, 5.74) is 5.63. The van der Waals surface area contributed by atoms with Crippen LogP contribution in [-0.2, 0) is 0 Å². The number of H-pyrrole nitrogens is 1. The molecule has 5 nitrogen and oxygen atoms in total. The molecule has 0 aliphatic carbocycles. The zero-order valence-corrected chi connectivity index (χ0v) is 13.4. The summed E-state index contributed by atoms with van der Waals surface area (Å²) in [5, 5.41) is 16.9. The van der Waals surface area contributed by atoms with Crippen LogP contribution in [-0.4, -0.2) is 27.5 Å². The van der Waals surface area contributed by atoms with E-state index in [-0.39, 0.29) is 0 Å². The molecule has 4 rings (SSSR count). The first-order valence-corrected chi connectivity index (χ1v) is 7.68. The molecule has 0 fully saturated rings. The highest BCUT2D eigenvalue weighted by Crippen LogP contribution is 2.29. The summed E-state index contributed by atoms with van der Waals surface area (Å²) in [7, 11) is 1.66. The topological polar surface area (TPSA) is 63.7 Å². The van der Waals surface area contributed by atoms with E-state index in [0.29, 0.717) is 5.65 Å². The Hall–Kier alpha value is -3.21. The summed E-state index contributed by atoms with van der Waals surface area (Å²) in [6, 6.07) is 18.1. The minimum Gasteiger partial charge on any atom is -0.497 e. The van der Waals surface area contributed by atoms with Crippen molar-refractivity contribution in [2.45, 2.75) is 6.92 Å². The number of aromatic nitrogens is 4. The van der Waals surface area contributed by atoms with Crippen LogP contribution >= 0.6 is 0 Å². The second-order valence-corrected chi connectivity index (χ2v) is 5.66. The largest absolute Gasteiger partial charge is 0.497 e. The molecule has 0 radical (unpaired) electrons. The maximum absolute atomic E-state index is 5.21. The number of ether oxygens (including phenoxy) is 1. The number of aromatic amines is 1. The molecule has 0 saturated heterocycles. The number of hydrogen-bond acceptors (Lipinski definition) is 4. The maximum atomic E-state index is 5.21. The molecule has 0 bridgehead atoms. The summed E-state index contributed by atoms with van der Waals surface area (Å²) in [4.78, 5) is 0. The lowest BCUT2D eigenvalue weighted by Gasteiger charge is -2.03. The van der Waals surface area contributed by atoms with Crippen LogP contribution in [0.15, 0.2) is 54.6 Å². The molecular formula is C19H16N4O. The molecule has 0 aliphatic rings. The van der Waals surface area contributed by atoms with Gasteiger partial charge in [0, 0.05) is 11.1 Å². The van der Waals surface area contributed by atoms with E-state index in [0.717, 1.165) is 33.7 Å². The van der Waals surface area contributed by atoms with Crippen molar-refractivity contribution in [3.05, 3.63) is 60.2 Å². The highest BCUT2D eigenvalue weighted by Gasteiger charge is 2.12. The average Bonchev–Trinajstić information content (AvgIpc) is 3.05. The maximum Gasteiger partial charge on any atom is 0.178 e. The lowest BCUT2D eigenvalue weighted by Crippen LogP contribution is -1.89. The summed E-state index contributed by atoms with van der Waals surface area (Å²) < 4.78 is 5.21. The number of hydrogen-bond donors (Lipinski definition) is 1. The van der Waals surface area contributed by atoms with Crippen LogP contribution in [0.5, 0.6) is 5.75 Å². The van der Waals surface area contributed by atoms with Crippen molar-refractivity contribution >= 4 is 11.0 Å². The predicted octanol–water partition coefficient (Wildman–Crippen LogP) is 4.00. The summed E-state index contributed by atoms with van der Waals surface area (Å²) in [5.74, 6) is 0.818. The van der Waals surface area contributed by atoms with Gasteiger partial charge in [-0.25, -0.2) is 0 Å². The quantitative estimate of drug-likeness (QED) is 0.620. The van der Waals surface area contributed by atoms with E-state index in [1.54, 1.807) is 7.11 Å². The van der Waals surface area contributed by atoms with Gasteiger partial charge in [0.15, 0.2) is 5.65 Å². The van der Waals surface area contributed by atoms with Gasteiger partial charge in [0.2, 0.25) is 0 Å².